The van der Waals surface area contributed by atoms with Crippen LogP contribution in [0.25, 0.3) is 0 Å². The molecule has 0 radical (unpaired) electrons. The Labute approximate surface area is 82.6 Å². The molecule has 0 aromatic rings. The monoisotopic (exact) mass is 201 g/mol. The molecular weight excluding hydrogens is 186 g/mol. The number of carbonyl (C=O) groups is 2. The number of nitrogens with one attached hydrogen (secondary N) is 2. The van der Waals surface area contributed by atoms with Gasteiger partial charge in [-0.2, -0.15) is 0 Å². The predicted octanol–water partition coefficient (Wildman–Crippen LogP) is -1.23. The lowest BCUT2D eigenvalue weighted by molar-refractivity contribution is -0.121. The molecule has 0 unspecified atom stereocenters. The van der Waals surface area contributed by atoms with E-state index in [4.69, 9.17) is 0 Å². The minimum atomic E-state index is -0.713. The van der Waals surface area contributed by atoms with Gasteiger partial charge in [-0.1, -0.05) is 0 Å². The molecule has 1 aliphatic rings. The van der Waals surface area contributed by atoms with E-state index in [9.17, 15) is 9.59 Å². The molecule has 0 aromatic carbocycles. The fourth-order valence-electron chi connectivity index (χ4n) is 1.15. The highest BCUT2D eigenvalue weighted by molar-refractivity contribution is 5.92. The molecule has 1 heterocycles. The fourth-order valence-corrected chi connectivity index (χ4v) is 1.15. The molecule has 1 saturated heterocycles. The van der Waals surface area contributed by atoms with E-state index < -0.39 is 6.09 Å². The van der Waals surface area contributed by atoms with Gasteiger partial charge < -0.3 is 10.1 Å². The number of carbonyl (C=O) groups excluding carboxylic acids is 2. The highest BCUT2D eigenvalue weighted by atomic mass is 16.5. The number of likely N-dealkylation sites (N-methyl/N-ethyl adjacent to an activating group) is 1. The van der Waals surface area contributed by atoms with Crippen LogP contribution in [0.4, 0.5) is 4.79 Å². The summed E-state index contributed by atoms with van der Waals surface area (Å²) in [5.74, 6) is -0.341. The Kier molecular flexibility index (Phi) is 3.84. The molecule has 0 spiro atoms. The minimum Gasteiger partial charge on any atom is -0.453 e. The summed E-state index contributed by atoms with van der Waals surface area (Å²) < 4.78 is 4.30. The smallest absolute Gasteiger partial charge is 0.413 e. The number of rotatable bonds is 3. The first-order valence-electron chi connectivity index (χ1n) is 4.42. The van der Waals surface area contributed by atoms with Crippen molar-refractivity contribution in [2.45, 2.75) is 6.04 Å². The van der Waals surface area contributed by atoms with Crippen molar-refractivity contribution >= 4 is 12.0 Å². The first kappa shape index (κ1) is 10.9. The Morgan fingerprint density at radius 1 is 1.57 bits per heavy atom. The average molecular weight is 201 g/mol. The third-order valence-corrected chi connectivity index (χ3v) is 2.20. The van der Waals surface area contributed by atoms with Crippen LogP contribution < -0.4 is 10.6 Å². The van der Waals surface area contributed by atoms with Crippen molar-refractivity contribution in [1.29, 1.82) is 0 Å². The lowest BCUT2D eigenvalue weighted by Crippen LogP contribution is -2.57. The largest absolute Gasteiger partial charge is 0.453 e. The van der Waals surface area contributed by atoms with Gasteiger partial charge in [-0.25, -0.2) is 4.79 Å². The summed E-state index contributed by atoms with van der Waals surface area (Å²) in [6.45, 7) is 1.99. The molecule has 1 fully saturated rings. The molecule has 0 atom stereocenters. The Balaban J connectivity index is 2.21. The molecule has 0 bridgehead atoms. The summed E-state index contributed by atoms with van der Waals surface area (Å²) >= 11 is 0. The van der Waals surface area contributed by atoms with Gasteiger partial charge >= 0.3 is 6.09 Å². The quantitative estimate of drug-likeness (QED) is 0.598. The summed E-state index contributed by atoms with van der Waals surface area (Å²) in [5.41, 5.74) is 0. The highest BCUT2D eigenvalue weighted by Gasteiger charge is 2.23. The van der Waals surface area contributed by atoms with Crippen molar-refractivity contribution in [2.75, 3.05) is 33.8 Å². The summed E-state index contributed by atoms with van der Waals surface area (Å²) in [4.78, 5) is 23.8. The molecular formula is C8H15N3O3. The van der Waals surface area contributed by atoms with Crippen molar-refractivity contribution in [2.24, 2.45) is 0 Å². The lowest BCUT2D eigenvalue weighted by atomic mass is 10.1. The highest BCUT2D eigenvalue weighted by Crippen LogP contribution is 2.00. The number of amides is 2. The van der Waals surface area contributed by atoms with E-state index in [1.54, 1.807) is 0 Å². The maximum atomic E-state index is 11.2. The first-order chi connectivity index (χ1) is 6.63. The van der Waals surface area contributed by atoms with E-state index in [0.717, 1.165) is 13.1 Å². The van der Waals surface area contributed by atoms with E-state index in [0.29, 0.717) is 6.04 Å². The van der Waals surface area contributed by atoms with E-state index in [1.807, 2.05) is 11.9 Å². The zero-order valence-electron chi connectivity index (χ0n) is 8.37. The number of ether oxygens (including phenoxy) is 1. The van der Waals surface area contributed by atoms with Gasteiger partial charge in [0.2, 0.25) is 5.91 Å². The second-order valence-corrected chi connectivity index (χ2v) is 3.27. The third kappa shape index (κ3) is 2.97. The molecule has 0 saturated carbocycles. The molecule has 14 heavy (non-hydrogen) atoms. The molecule has 2 N–H and O–H groups in total. The maximum Gasteiger partial charge on any atom is 0.413 e. The standard InChI is InChI=1S/C8H15N3O3/c1-11(6-3-9-4-6)5-7(12)10-8(13)14-2/h6,9H,3-5H2,1-2H3,(H,10,12,13). The molecule has 0 aromatic heterocycles. The zero-order chi connectivity index (χ0) is 10.6. The molecule has 0 aliphatic carbocycles. The molecule has 1 aliphatic heterocycles. The van der Waals surface area contributed by atoms with Gasteiger partial charge in [-0.3, -0.25) is 15.0 Å². The fraction of sp³-hybridized carbons (Fsp3) is 0.750. The van der Waals surface area contributed by atoms with E-state index >= 15 is 0 Å². The zero-order valence-corrected chi connectivity index (χ0v) is 8.37. The van der Waals surface area contributed by atoms with Crippen LogP contribution in [-0.4, -0.2) is 56.7 Å². The van der Waals surface area contributed by atoms with Crippen LogP contribution in [0.5, 0.6) is 0 Å². The summed E-state index contributed by atoms with van der Waals surface area (Å²) in [6.07, 6.45) is -0.713. The molecule has 6 heteroatoms. The number of imide groups is 1. The van der Waals surface area contributed by atoms with Crippen molar-refractivity contribution < 1.29 is 14.3 Å². The number of hydrogen-bond acceptors (Lipinski definition) is 5. The van der Waals surface area contributed by atoms with Crippen molar-refractivity contribution in [3.05, 3.63) is 0 Å². The maximum absolute atomic E-state index is 11.2. The summed E-state index contributed by atoms with van der Waals surface area (Å²) in [7, 11) is 3.07. The topological polar surface area (TPSA) is 70.7 Å². The third-order valence-electron chi connectivity index (χ3n) is 2.20. The first-order valence-corrected chi connectivity index (χ1v) is 4.42. The van der Waals surface area contributed by atoms with Crippen molar-refractivity contribution in [3.63, 3.8) is 0 Å². The van der Waals surface area contributed by atoms with Crippen LogP contribution in [0, 0.1) is 0 Å². The van der Waals surface area contributed by atoms with E-state index in [-0.39, 0.29) is 12.5 Å². The van der Waals surface area contributed by atoms with Gasteiger partial charge in [0.15, 0.2) is 0 Å². The van der Waals surface area contributed by atoms with Gasteiger partial charge in [0.05, 0.1) is 13.7 Å². The Morgan fingerprint density at radius 3 is 2.64 bits per heavy atom. The average Bonchev–Trinajstić information content (AvgIpc) is 1.99. The lowest BCUT2D eigenvalue weighted by Gasteiger charge is -2.34. The number of hydrogen-bond donors (Lipinski definition) is 2. The molecule has 80 valence electrons. The van der Waals surface area contributed by atoms with Crippen molar-refractivity contribution in [1.82, 2.24) is 15.5 Å². The van der Waals surface area contributed by atoms with Gasteiger partial charge in [0.25, 0.3) is 0 Å². The Hall–Kier alpha value is -1.14. The van der Waals surface area contributed by atoms with Gasteiger partial charge in [0, 0.05) is 19.1 Å². The molecule has 1 rings (SSSR count). The van der Waals surface area contributed by atoms with Crippen LogP contribution in [0.1, 0.15) is 0 Å². The van der Waals surface area contributed by atoms with Crippen molar-refractivity contribution in [3.8, 4) is 0 Å². The van der Waals surface area contributed by atoms with Gasteiger partial charge in [-0.15, -0.1) is 0 Å². The van der Waals surface area contributed by atoms with E-state index in [1.165, 1.54) is 7.11 Å². The summed E-state index contributed by atoms with van der Waals surface area (Å²) in [6, 6.07) is 0.387. The van der Waals surface area contributed by atoms with Crippen LogP contribution >= 0.6 is 0 Å². The molecule has 6 nitrogen and oxygen atoms in total. The predicted molar refractivity (Wildman–Crippen MR) is 49.8 cm³/mol. The van der Waals surface area contributed by atoms with Gasteiger partial charge in [0.1, 0.15) is 0 Å². The Morgan fingerprint density at radius 2 is 2.21 bits per heavy atom. The van der Waals surface area contributed by atoms with Crippen LogP contribution in [-0.2, 0) is 9.53 Å². The van der Waals surface area contributed by atoms with Crippen LogP contribution in [0.15, 0.2) is 0 Å². The normalized spacial score (nSPS) is 16.2. The summed E-state index contributed by atoms with van der Waals surface area (Å²) in [5, 5.41) is 5.20. The second-order valence-electron chi connectivity index (χ2n) is 3.27. The van der Waals surface area contributed by atoms with Crippen LogP contribution in [0.3, 0.4) is 0 Å². The van der Waals surface area contributed by atoms with E-state index in [2.05, 4.69) is 15.4 Å². The molecule has 2 amide bonds. The number of nitrogens with zero attached hydrogens (tertiary/aromatic N) is 1. The minimum absolute atomic E-state index is 0.210. The SMILES string of the molecule is COC(=O)NC(=O)CN(C)C1CNC1. The van der Waals surface area contributed by atoms with Gasteiger partial charge in [-0.05, 0) is 7.05 Å². The number of methoxy groups -OCH3 is 1. The van der Waals surface area contributed by atoms with Crippen LogP contribution in [0.2, 0.25) is 0 Å². The Bertz CT molecular complexity index is 228. The number of alkyl carbamates (subject to hydrolysis) is 1. The second kappa shape index (κ2) is 4.92.